The van der Waals surface area contributed by atoms with E-state index in [1.54, 1.807) is 17.0 Å². The molecule has 0 N–H and O–H groups in total. The van der Waals surface area contributed by atoms with E-state index in [1.165, 1.54) is 0 Å². The van der Waals surface area contributed by atoms with Crippen molar-refractivity contribution in [1.82, 2.24) is 14.7 Å². The zero-order valence-corrected chi connectivity index (χ0v) is 21.0. The molecule has 2 atom stereocenters. The zero-order valence-electron chi connectivity index (χ0n) is 20.3. The SMILES string of the molecule is CN(Cc1ccccc1)C(=O)C[C@H]1CN(C(=O)CN2CCOCC2)CC[C@@H]1Oc1cccc(Cl)c1. The Morgan fingerprint density at radius 3 is 2.60 bits per heavy atom. The number of ether oxygens (including phenoxy) is 2. The first kappa shape index (κ1) is 25.5. The van der Waals surface area contributed by atoms with Crippen LogP contribution in [0.5, 0.6) is 5.75 Å². The molecule has 2 saturated heterocycles. The summed E-state index contributed by atoms with van der Waals surface area (Å²) < 4.78 is 11.7. The highest BCUT2D eigenvalue weighted by atomic mass is 35.5. The largest absolute Gasteiger partial charge is 0.490 e. The number of likely N-dealkylation sites (tertiary alicyclic amines) is 1. The normalized spacial score (nSPS) is 20.9. The molecule has 0 aliphatic carbocycles. The van der Waals surface area contributed by atoms with Gasteiger partial charge in [-0.25, -0.2) is 0 Å². The Morgan fingerprint density at radius 1 is 1.09 bits per heavy atom. The second-order valence-corrected chi connectivity index (χ2v) is 9.77. The Kier molecular flexibility index (Phi) is 9.01. The maximum Gasteiger partial charge on any atom is 0.236 e. The summed E-state index contributed by atoms with van der Waals surface area (Å²) in [5.41, 5.74) is 1.08. The van der Waals surface area contributed by atoms with E-state index in [1.807, 2.05) is 54.4 Å². The van der Waals surface area contributed by atoms with Crippen LogP contribution in [0.1, 0.15) is 18.4 Å². The van der Waals surface area contributed by atoms with E-state index >= 15 is 0 Å². The number of piperidine rings is 1. The second-order valence-electron chi connectivity index (χ2n) is 9.33. The number of benzene rings is 2. The van der Waals surface area contributed by atoms with Crippen molar-refractivity contribution in [3.63, 3.8) is 0 Å². The van der Waals surface area contributed by atoms with Crippen LogP contribution in [0.25, 0.3) is 0 Å². The van der Waals surface area contributed by atoms with E-state index in [0.29, 0.717) is 63.0 Å². The maximum atomic E-state index is 13.2. The van der Waals surface area contributed by atoms with Crippen LogP contribution < -0.4 is 4.74 Å². The summed E-state index contributed by atoms with van der Waals surface area (Å²) in [4.78, 5) is 32.0. The molecule has 0 aromatic heterocycles. The monoisotopic (exact) mass is 499 g/mol. The van der Waals surface area contributed by atoms with Crippen LogP contribution in [0.15, 0.2) is 54.6 Å². The Morgan fingerprint density at radius 2 is 1.86 bits per heavy atom. The average molecular weight is 500 g/mol. The number of carbonyl (C=O) groups is 2. The van der Waals surface area contributed by atoms with Crippen molar-refractivity contribution in [3.05, 3.63) is 65.2 Å². The molecular formula is C27H34ClN3O4. The lowest BCUT2D eigenvalue weighted by molar-refractivity contribution is -0.140. The molecule has 2 fully saturated rings. The molecule has 8 heteroatoms. The lowest BCUT2D eigenvalue weighted by Crippen LogP contribution is -2.52. The van der Waals surface area contributed by atoms with E-state index in [0.717, 1.165) is 18.7 Å². The third kappa shape index (κ3) is 7.43. The summed E-state index contributed by atoms with van der Waals surface area (Å²) in [5.74, 6) is 0.719. The first-order valence-electron chi connectivity index (χ1n) is 12.3. The van der Waals surface area contributed by atoms with Crippen molar-refractivity contribution >= 4 is 23.4 Å². The van der Waals surface area contributed by atoms with Crippen LogP contribution >= 0.6 is 11.6 Å². The van der Waals surface area contributed by atoms with Crippen LogP contribution in [0.3, 0.4) is 0 Å². The predicted molar refractivity (Wildman–Crippen MR) is 135 cm³/mol. The lowest BCUT2D eigenvalue weighted by atomic mass is 9.90. The number of rotatable bonds is 8. The molecule has 0 radical (unpaired) electrons. The molecule has 0 saturated carbocycles. The Labute approximate surface area is 212 Å². The van der Waals surface area contributed by atoms with Gasteiger partial charge >= 0.3 is 0 Å². The smallest absolute Gasteiger partial charge is 0.236 e. The van der Waals surface area contributed by atoms with Crippen LogP contribution in [-0.2, 0) is 20.9 Å². The average Bonchev–Trinajstić information content (AvgIpc) is 2.86. The standard InChI is InChI=1S/C27H34ClN3O4/c1-29(18-21-6-3-2-4-7-21)26(32)16-22-19-31(27(33)20-30-12-14-34-15-13-30)11-10-25(22)35-24-9-5-8-23(28)17-24/h2-9,17,22,25H,10-16,18-20H2,1H3/t22-,25-/m0/s1. The van der Waals surface area contributed by atoms with Gasteiger partial charge in [-0.1, -0.05) is 48.0 Å². The summed E-state index contributed by atoms with van der Waals surface area (Å²) in [6.07, 6.45) is 0.812. The Bertz CT molecular complexity index is 983. The van der Waals surface area contributed by atoms with E-state index in [4.69, 9.17) is 21.1 Å². The van der Waals surface area contributed by atoms with E-state index in [9.17, 15) is 9.59 Å². The minimum atomic E-state index is -0.171. The van der Waals surface area contributed by atoms with Crippen molar-refractivity contribution in [1.29, 1.82) is 0 Å². The molecule has 2 aromatic carbocycles. The molecule has 188 valence electrons. The fraction of sp³-hybridized carbons (Fsp3) is 0.481. The molecule has 2 heterocycles. The van der Waals surface area contributed by atoms with Crippen molar-refractivity contribution in [3.8, 4) is 5.75 Å². The summed E-state index contributed by atoms with van der Waals surface area (Å²) in [6, 6.07) is 17.3. The molecule has 2 aliphatic rings. The van der Waals surface area contributed by atoms with Crippen LogP contribution in [0.4, 0.5) is 0 Å². The van der Waals surface area contributed by atoms with Crippen molar-refractivity contribution < 1.29 is 19.1 Å². The number of halogens is 1. The molecule has 35 heavy (non-hydrogen) atoms. The van der Waals surface area contributed by atoms with Gasteiger partial charge in [0.25, 0.3) is 0 Å². The summed E-state index contributed by atoms with van der Waals surface area (Å²) in [5, 5.41) is 0.607. The third-order valence-corrected chi connectivity index (χ3v) is 6.92. The number of morpholine rings is 1. The van der Waals surface area contributed by atoms with Gasteiger partial charge in [-0.15, -0.1) is 0 Å². The fourth-order valence-corrected chi connectivity index (χ4v) is 4.86. The van der Waals surface area contributed by atoms with Gasteiger partial charge in [-0.05, 0) is 23.8 Å². The molecule has 4 rings (SSSR count). The quantitative estimate of drug-likeness (QED) is 0.557. The second kappa shape index (κ2) is 12.4. The number of nitrogens with zero attached hydrogens (tertiary/aromatic N) is 3. The Hall–Kier alpha value is -2.61. The van der Waals surface area contributed by atoms with Gasteiger partial charge in [0.15, 0.2) is 0 Å². The highest BCUT2D eigenvalue weighted by molar-refractivity contribution is 6.30. The first-order valence-corrected chi connectivity index (χ1v) is 12.6. The highest BCUT2D eigenvalue weighted by Crippen LogP contribution is 2.28. The first-order chi connectivity index (χ1) is 17.0. The van der Waals surface area contributed by atoms with Crippen LogP contribution in [-0.4, -0.2) is 85.6 Å². The lowest BCUT2D eigenvalue weighted by Gasteiger charge is -2.39. The van der Waals surface area contributed by atoms with Gasteiger partial charge in [-0.3, -0.25) is 14.5 Å². The predicted octanol–water partition coefficient (Wildman–Crippen LogP) is 3.32. The van der Waals surface area contributed by atoms with E-state index < -0.39 is 0 Å². The van der Waals surface area contributed by atoms with Gasteiger partial charge in [0.2, 0.25) is 11.8 Å². The van der Waals surface area contributed by atoms with Gasteiger partial charge in [0.05, 0.1) is 19.8 Å². The summed E-state index contributed by atoms with van der Waals surface area (Å²) in [6.45, 7) is 4.90. The molecule has 0 bridgehead atoms. The molecule has 2 aliphatic heterocycles. The molecule has 0 spiro atoms. The minimum Gasteiger partial charge on any atom is -0.490 e. The van der Waals surface area contributed by atoms with E-state index in [2.05, 4.69) is 4.90 Å². The number of carbonyl (C=O) groups excluding carboxylic acids is 2. The highest BCUT2D eigenvalue weighted by Gasteiger charge is 2.35. The van der Waals surface area contributed by atoms with Crippen LogP contribution in [0.2, 0.25) is 5.02 Å². The molecular weight excluding hydrogens is 466 g/mol. The summed E-state index contributed by atoms with van der Waals surface area (Å²) in [7, 11) is 1.83. The van der Waals surface area contributed by atoms with Gasteiger partial charge < -0.3 is 19.3 Å². The van der Waals surface area contributed by atoms with Crippen molar-refractivity contribution in [2.24, 2.45) is 5.92 Å². The van der Waals surface area contributed by atoms with Gasteiger partial charge in [0.1, 0.15) is 11.9 Å². The van der Waals surface area contributed by atoms with Crippen molar-refractivity contribution in [2.75, 3.05) is 53.0 Å². The van der Waals surface area contributed by atoms with Gasteiger partial charge in [0, 0.05) is 63.6 Å². The molecule has 2 amide bonds. The number of hydrogen-bond donors (Lipinski definition) is 0. The number of hydrogen-bond acceptors (Lipinski definition) is 5. The van der Waals surface area contributed by atoms with Crippen LogP contribution in [0, 0.1) is 5.92 Å². The Balaban J connectivity index is 1.42. The fourth-order valence-electron chi connectivity index (χ4n) is 4.68. The van der Waals surface area contributed by atoms with Gasteiger partial charge in [-0.2, -0.15) is 0 Å². The minimum absolute atomic E-state index is 0.0426. The molecule has 7 nitrogen and oxygen atoms in total. The topological polar surface area (TPSA) is 62.3 Å². The van der Waals surface area contributed by atoms with E-state index in [-0.39, 0.29) is 23.8 Å². The zero-order chi connectivity index (χ0) is 24.6. The summed E-state index contributed by atoms with van der Waals surface area (Å²) >= 11 is 6.15. The van der Waals surface area contributed by atoms with Crippen molar-refractivity contribution in [2.45, 2.75) is 25.5 Å². The maximum absolute atomic E-state index is 13.2. The molecule has 2 aromatic rings. The molecule has 0 unspecified atom stereocenters. The number of amides is 2. The third-order valence-electron chi connectivity index (χ3n) is 6.69.